The number of hydrogen-bond donors (Lipinski definition) is 0. The fourth-order valence-corrected chi connectivity index (χ4v) is 2.64. The molecule has 1 nitrogen and oxygen atoms in total. The van der Waals surface area contributed by atoms with Gasteiger partial charge >= 0.3 is 6.18 Å². The number of aryl methyl sites for hydroxylation is 1. The molecule has 0 saturated heterocycles. The zero-order valence-corrected chi connectivity index (χ0v) is 12.9. The Labute approximate surface area is 134 Å². The van der Waals surface area contributed by atoms with Crippen LogP contribution in [0, 0.1) is 18.6 Å². The van der Waals surface area contributed by atoms with E-state index in [0.717, 1.165) is 6.07 Å². The third-order valence-corrected chi connectivity index (χ3v) is 4.13. The van der Waals surface area contributed by atoms with Crippen LogP contribution in [0.2, 0.25) is 0 Å². The molecule has 0 bridgehead atoms. The Hall–Kier alpha value is -1.76. The molecule has 23 heavy (non-hydrogen) atoms. The van der Waals surface area contributed by atoms with Crippen molar-refractivity contribution in [3.63, 3.8) is 0 Å². The first-order valence-corrected chi connectivity index (χ1v) is 7.60. The van der Waals surface area contributed by atoms with Crippen LogP contribution in [0.3, 0.4) is 0 Å². The molecule has 0 radical (unpaired) electrons. The maximum Gasteiger partial charge on any atom is 0.398 e. The Bertz CT molecular complexity index is 685. The van der Waals surface area contributed by atoms with Gasteiger partial charge in [-0.05, 0) is 42.3 Å². The summed E-state index contributed by atoms with van der Waals surface area (Å²) in [5, 5.41) is 0. The van der Waals surface area contributed by atoms with E-state index in [2.05, 4.69) is 0 Å². The van der Waals surface area contributed by atoms with E-state index in [4.69, 9.17) is 4.74 Å². The highest BCUT2D eigenvalue weighted by Gasteiger charge is 2.27. The summed E-state index contributed by atoms with van der Waals surface area (Å²) in [6.45, 7) is 1.44. The van der Waals surface area contributed by atoms with Crippen molar-refractivity contribution in [3.8, 4) is 5.75 Å². The second kappa shape index (κ2) is 7.21. The molecule has 0 spiro atoms. The minimum absolute atomic E-state index is 0.0822. The van der Waals surface area contributed by atoms with Crippen LogP contribution in [0.25, 0.3) is 0 Å². The Morgan fingerprint density at radius 2 is 1.83 bits per heavy atom. The second-order valence-electron chi connectivity index (χ2n) is 4.87. The van der Waals surface area contributed by atoms with E-state index in [0.29, 0.717) is 22.9 Å². The molecular weight excluding hydrogens is 335 g/mol. The van der Waals surface area contributed by atoms with E-state index >= 15 is 0 Å². The Morgan fingerprint density at radius 3 is 2.48 bits per heavy atom. The van der Waals surface area contributed by atoms with Crippen molar-refractivity contribution in [1.82, 2.24) is 0 Å². The predicted octanol–water partition coefficient (Wildman–Crippen LogP) is 5.51. The number of benzene rings is 2. The second-order valence-corrected chi connectivity index (χ2v) is 5.89. The van der Waals surface area contributed by atoms with Crippen LogP contribution in [0.4, 0.5) is 22.0 Å². The lowest BCUT2D eigenvalue weighted by molar-refractivity contribution is -0.105. The number of halogens is 5. The largest absolute Gasteiger partial charge is 0.486 e. The van der Waals surface area contributed by atoms with Crippen molar-refractivity contribution >= 4 is 11.8 Å². The molecule has 0 N–H and O–H groups in total. The Kier molecular flexibility index (Phi) is 5.51. The standard InChI is InChI=1S/C16H13F5OS/c1-10-5-13(18)14(7-15(10)23-9-16(19,20)21)22-8-11-3-2-4-12(17)6-11/h2-7H,8-9H2,1H3. The van der Waals surface area contributed by atoms with Crippen LogP contribution in [0.5, 0.6) is 5.75 Å². The lowest BCUT2D eigenvalue weighted by atomic mass is 10.2. The fourth-order valence-electron chi connectivity index (χ4n) is 1.85. The number of ether oxygens (including phenoxy) is 1. The highest BCUT2D eigenvalue weighted by atomic mass is 32.2. The molecule has 0 unspecified atom stereocenters. The summed E-state index contributed by atoms with van der Waals surface area (Å²) in [5.41, 5.74) is 0.893. The van der Waals surface area contributed by atoms with Gasteiger partial charge in [0.25, 0.3) is 0 Å². The van der Waals surface area contributed by atoms with Gasteiger partial charge in [-0.1, -0.05) is 12.1 Å². The maximum absolute atomic E-state index is 13.9. The van der Waals surface area contributed by atoms with Crippen LogP contribution in [0.1, 0.15) is 11.1 Å². The van der Waals surface area contributed by atoms with Crippen molar-refractivity contribution in [2.24, 2.45) is 0 Å². The summed E-state index contributed by atoms with van der Waals surface area (Å²) in [7, 11) is 0. The molecule has 7 heteroatoms. The van der Waals surface area contributed by atoms with Gasteiger partial charge < -0.3 is 4.74 Å². The van der Waals surface area contributed by atoms with Crippen molar-refractivity contribution in [3.05, 3.63) is 59.2 Å². The minimum atomic E-state index is -4.31. The van der Waals surface area contributed by atoms with E-state index in [1.54, 1.807) is 6.07 Å². The van der Waals surface area contributed by atoms with E-state index in [9.17, 15) is 22.0 Å². The van der Waals surface area contributed by atoms with Crippen LogP contribution in [0.15, 0.2) is 41.3 Å². The van der Waals surface area contributed by atoms with Crippen molar-refractivity contribution in [2.75, 3.05) is 5.75 Å². The van der Waals surface area contributed by atoms with Gasteiger partial charge in [-0.2, -0.15) is 13.2 Å². The normalized spacial score (nSPS) is 11.6. The summed E-state index contributed by atoms with van der Waals surface area (Å²) in [6, 6.07) is 7.96. The van der Waals surface area contributed by atoms with Gasteiger partial charge in [-0.15, -0.1) is 11.8 Å². The molecule has 0 amide bonds. The number of rotatable bonds is 5. The summed E-state index contributed by atoms with van der Waals surface area (Å²) in [6.07, 6.45) is -4.31. The molecule has 0 aliphatic carbocycles. The highest BCUT2D eigenvalue weighted by molar-refractivity contribution is 7.99. The topological polar surface area (TPSA) is 9.23 Å². The summed E-state index contributed by atoms with van der Waals surface area (Å²) in [5.74, 6) is -2.35. The molecule has 0 aliphatic rings. The van der Waals surface area contributed by atoms with Gasteiger partial charge in [-0.25, -0.2) is 8.78 Å². The first kappa shape index (κ1) is 17.6. The molecule has 0 fully saturated rings. The van der Waals surface area contributed by atoms with E-state index in [1.807, 2.05) is 0 Å². The van der Waals surface area contributed by atoms with Crippen molar-refractivity contribution in [1.29, 1.82) is 0 Å². The van der Waals surface area contributed by atoms with Crippen molar-refractivity contribution in [2.45, 2.75) is 24.6 Å². The van der Waals surface area contributed by atoms with E-state index in [1.165, 1.54) is 31.2 Å². The molecule has 0 atom stereocenters. The highest BCUT2D eigenvalue weighted by Crippen LogP contribution is 2.33. The molecule has 0 aromatic heterocycles. The first-order valence-electron chi connectivity index (χ1n) is 6.61. The van der Waals surface area contributed by atoms with Gasteiger partial charge in [0, 0.05) is 4.90 Å². The average Bonchev–Trinajstić information content (AvgIpc) is 2.44. The number of thioether (sulfide) groups is 1. The van der Waals surface area contributed by atoms with Crippen molar-refractivity contribution < 1.29 is 26.7 Å². The average molecular weight is 348 g/mol. The van der Waals surface area contributed by atoms with Crippen LogP contribution in [-0.4, -0.2) is 11.9 Å². The quantitative estimate of drug-likeness (QED) is 0.521. The minimum Gasteiger partial charge on any atom is -0.486 e. The molecule has 2 rings (SSSR count). The molecule has 2 aromatic rings. The number of alkyl halides is 3. The lowest BCUT2D eigenvalue weighted by Crippen LogP contribution is -2.10. The Morgan fingerprint density at radius 1 is 1.09 bits per heavy atom. The van der Waals surface area contributed by atoms with Crippen LogP contribution in [-0.2, 0) is 6.61 Å². The van der Waals surface area contributed by atoms with E-state index < -0.39 is 23.6 Å². The molecular formula is C16H13F5OS. The zero-order chi connectivity index (χ0) is 17.0. The molecule has 124 valence electrons. The zero-order valence-electron chi connectivity index (χ0n) is 12.1. The SMILES string of the molecule is Cc1cc(F)c(OCc2cccc(F)c2)cc1SCC(F)(F)F. The predicted molar refractivity (Wildman–Crippen MR) is 78.6 cm³/mol. The van der Waals surface area contributed by atoms with Gasteiger partial charge in [0.15, 0.2) is 11.6 Å². The van der Waals surface area contributed by atoms with Crippen LogP contribution < -0.4 is 4.74 Å². The summed E-state index contributed by atoms with van der Waals surface area (Å²) >= 11 is 0.569. The van der Waals surface area contributed by atoms with Crippen LogP contribution >= 0.6 is 11.8 Å². The fraction of sp³-hybridized carbons (Fsp3) is 0.250. The molecule has 0 heterocycles. The van der Waals surface area contributed by atoms with Gasteiger partial charge in [-0.3, -0.25) is 0 Å². The molecule has 2 aromatic carbocycles. The number of hydrogen-bond acceptors (Lipinski definition) is 2. The summed E-state index contributed by atoms with van der Waals surface area (Å²) in [4.78, 5) is 0.290. The third-order valence-electron chi connectivity index (χ3n) is 2.90. The summed E-state index contributed by atoms with van der Waals surface area (Å²) < 4.78 is 69.1. The van der Waals surface area contributed by atoms with Gasteiger partial charge in [0.2, 0.25) is 0 Å². The monoisotopic (exact) mass is 348 g/mol. The van der Waals surface area contributed by atoms with E-state index in [-0.39, 0.29) is 17.3 Å². The Balaban J connectivity index is 2.12. The lowest BCUT2D eigenvalue weighted by Gasteiger charge is -2.12. The third kappa shape index (κ3) is 5.42. The molecule has 0 saturated carbocycles. The van der Waals surface area contributed by atoms with Gasteiger partial charge in [0.05, 0.1) is 5.75 Å². The van der Waals surface area contributed by atoms with Gasteiger partial charge in [0.1, 0.15) is 12.4 Å². The smallest absolute Gasteiger partial charge is 0.398 e. The molecule has 0 aliphatic heterocycles. The maximum atomic E-state index is 13.9. The first-order chi connectivity index (χ1) is 10.7.